The van der Waals surface area contributed by atoms with Crippen LogP contribution in [0.15, 0.2) is 29.4 Å². The molecule has 1 rings (SSSR count). The molecule has 0 amide bonds. The fourth-order valence-electron chi connectivity index (χ4n) is 1.21. The van der Waals surface area contributed by atoms with E-state index in [9.17, 15) is 4.79 Å². The van der Waals surface area contributed by atoms with Crippen molar-refractivity contribution < 1.29 is 14.4 Å². The molecule has 0 radical (unpaired) electrons. The van der Waals surface area contributed by atoms with Crippen molar-refractivity contribution in [3.63, 3.8) is 0 Å². The number of methoxy groups -OCH3 is 1. The van der Waals surface area contributed by atoms with E-state index >= 15 is 0 Å². The molecular formula is C11H13NO3. The highest BCUT2D eigenvalue weighted by Crippen LogP contribution is 2.11. The second-order valence-electron chi connectivity index (χ2n) is 2.92. The second kappa shape index (κ2) is 5.80. The quantitative estimate of drug-likeness (QED) is 0.418. The van der Waals surface area contributed by atoms with Gasteiger partial charge in [0.25, 0.3) is 0 Å². The Kier molecular flexibility index (Phi) is 4.34. The molecule has 4 nitrogen and oxygen atoms in total. The van der Waals surface area contributed by atoms with Crippen molar-refractivity contribution in [1.82, 2.24) is 0 Å². The van der Waals surface area contributed by atoms with Crippen molar-refractivity contribution in [3.8, 4) is 0 Å². The first kappa shape index (κ1) is 11.2. The smallest absolute Gasteiger partial charge is 0.309 e. The van der Waals surface area contributed by atoms with E-state index in [-0.39, 0.29) is 12.4 Å². The molecule has 0 spiro atoms. The minimum Gasteiger partial charge on any atom is -0.469 e. The maximum atomic E-state index is 11.1. The SMILES string of the molecule is C=NOCc1ccccc1CC(=O)OC. The molecule has 0 saturated heterocycles. The van der Waals surface area contributed by atoms with E-state index < -0.39 is 0 Å². The molecule has 0 aromatic heterocycles. The predicted octanol–water partition coefficient (Wildman–Crippen LogP) is 1.53. The van der Waals surface area contributed by atoms with Gasteiger partial charge >= 0.3 is 5.97 Å². The predicted molar refractivity (Wildman–Crippen MR) is 56.5 cm³/mol. The lowest BCUT2D eigenvalue weighted by Gasteiger charge is -2.06. The molecular weight excluding hydrogens is 194 g/mol. The molecule has 0 atom stereocenters. The van der Waals surface area contributed by atoms with Crippen LogP contribution in [0.2, 0.25) is 0 Å². The summed E-state index contributed by atoms with van der Waals surface area (Å²) in [6.07, 6.45) is 0.243. The third-order valence-corrected chi connectivity index (χ3v) is 1.99. The van der Waals surface area contributed by atoms with Gasteiger partial charge in [0.1, 0.15) is 6.61 Å². The van der Waals surface area contributed by atoms with Gasteiger partial charge in [0.15, 0.2) is 0 Å². The zero-order chi connectivity index (χ0) is 11.1. The summed E-state index contributed by atoms with van der Waals surface area (Å²) in [4.78, 5) is 15.9. The standard InChI is InChI=1S/C11H13NO3/c1-12-15-8-10-6-4-3-5-9(10)7-11(13)14-2/h3-6H,1,7-8H2,2H3. The number of carbonyl (C=O) groups excluding carboxylic acids is 1. The summed E-state index contributed by atoms with van der Waals surface area (Å²) in [7, 11) is 1.37. The zero-order valence-corrected chi connectivity index (χ0v) is 8.60. The Morgan fingerprint density at radius 3 is 2.67 bits per heavy atom. The normalized spacial score (nSPS) is 9.40. The largest absolute Gasteiger partial charge is 0.469 e. The average molecular weight is 207 g/mol. The van der Waals surface area contributed by atoms with Gasteiger partial charge in [0.05, 0.1) is 13.5 Å². The van der Waals surface area contributed by atoms with Gasteiger partial charge < -0.3 is 9.57 Å². The van der Waals surface area contributed by atoms with Crippen molar-refractivity contribution in [2.75, 3.05) is 7.11 Å². The van der Waals surface area contributed by atoms with E-state index in [2.05, 4.69) is 16.6 Å². The summed E-state index contributed by atoms with van der Waals surface area (Å²) in [6, 6.07) is 7.48. The molecule has 0 heterocycles. The first-order valence-corrected chi connectivity index (χ1v) is 4.49. The number of benzene rings is 1. The molecule has 0 fully saturated rings. The maximum absolute atomic E-state index is 11.1. The van der Waals surface area contributed by atoms with Crippen LogP contribution in [0.5, 0.6) is 0 Å². The van der Waals surface area contributed by atoms with Gasteiger partial charge in [0.2, 0.25) is 0 Å². The molecule has 1 aromatic carbocycles. The number of esters is 1. The third kappa shape index (κ3) is 3.42. The van der Waals surface area contributed by atoms with E-state index in [0.29, 0.717) is 6.61 Å². The van der Waals surface area contributed by atoms with E-state index in [1.807, 2.05) is 24.3 Å². The average Bonchev–Trinajstić information content (AvgIpc) is 2.28. The molecule has 0 aliphatic rings. The fourth-order valence-corrected chi connectivity index (χ4v) is 1.21. The molecule has 0 aliphatic heterocycles. The molecule has 80 valence electrons. The van der Waals surface area contributed by atoms with Gasteiger partial charge in [-0.2, -0.15) is 0 Å². The lowest BCUT2D eigenvalue weighted by Crippen LogP contribution is -2.07. The highest BCUT2D eigenvalue weighted by molar-refractivity contribution is 5.72. The Hall–Kier alpha value is -1.84. The monoisotopic (exact) mass is 207 g/mol. The van der Waals surface area contributed by atoms with Gasteiger partial charge in [-0.05, 0) is 11.1 Å². The van der Waals surface area contributed by atoms with Crippen LogP contribution < -0.4 is 0 Å². The van der Waals surface area contributed by atoms with Crippen molar-refractivity contribution in [2.24, 2.45) is 5.16 Å². The Bertz CT molecular complexity index is 349. The lowest BCUT2D eigenvalue weighted by atomic mass is 10.1. The number of nitrogens with zero attached hydrogens (tertiary/aromatic N) is 1. The van der Waals surface area contributed by atoms with Crippen LogP contribution >= 0.6 is 0 Å². The van der Waals surface area contributed by atoms with Crippen molar-refractivity contribution in [2.45, 2.75) is 13.0 Å². The number of hydrogen-bond acceptors (Lipinski definition) is 4. The molecule has 15 heavy (non-hydrogen) atoms. The van der Waals surface area contributed by atoms with Crippen molar-refractivity contribution in [3.05, 3.63) is 35.4 Å². The van der Waals surface area contributed by atoms with Gasteiger partial charge in [-0.15, -0.1) is 5.16 Å². The summed E-state index contributed by atoms with van der Waals surface area (Å²) >= 11 is 0. The fraction of sp³-hybridized carbons (Fsp3) is 0.273. The van der Waals surface area contributed by atoms with Gasteiger partial charge in [-0.1, -0.05) is 24.3 Å². The van der Waals surface area contributed by atoms with Crippen molar-refractivity contribution >= 4 is 12.7 Å². The maximum Gasteiger partial charge on any atom is 0.309 e. The summed E-state index contributed by atoms with van der Waals surface area (Å²) in [5.41, 5.74) is 1.79. The summed E-state index contributed by atoms with van der Waals surface area (Å²) in [5, 5.41) is 3.31. The molecule has 0 aliphatic carbocycles. The highest BCUT2D eigenvalue weighted by atomic mass is 16.6. The minimum absolute atomic E-state index is 0.243. The number of carbonyl (C=O) groups is 1. The van der Waals surface area contributed by atoms with Crippen LogP contribution in [0.4, 0.5) is 0 Å². The molecule has 0 unspecified atom stereocenters. The molecule has 4 heteroatoms. The molecule has 0 N–H and O–H groups in total. The van der Waals surface area contributed by atoms with Crippen LogP contribution in [0.3, 0.4) is 0 Å². The number of oxime groups is 1. The molecule has 0 bridgehead atoms. The Labute approximate surface area is 88.5 Å². The Balaban J connectivity index is 2.76. The van der Waals surface area contributed by atoms with Gasteiger partial charge in [-0.3, -0.25) is 4.79 Å². The van der Waals surface area contributed by atoms with E-state index in [0.717, 1.165) is 11.1 Å². The number of rotatable bonds is 5. The van der Waals surface area contributed by atoms with E-state index in [4.69, 9.17) is 4.84 Å². The third-order valence-electron chi connectivity index (χ3n) is 1.99. The van der Waals surface area contributed by atoms with Gasteiger partial charge in [0, 0.05) is 6.72 Å². The summed E-state index contributed by atoms with van der Waals surface area (Å²) in [5.74, 6) is -0.269. The minimum atomic E-state index is -0.269. The Morgan fingerprint density at radius 2 is 2.07 bits per heavy atom. The number of hydrogen-bond donors (Lipinski definition) is 0. The number of ether oxygens (including phenoxy) is 1. The van der Waals surface area contributed by atoms with Crippen LogP contribution in [0, 0.1) is 0 Å². The summed E-state index contributed by atoms with van der Waals surface area (Å²) in [6.45, 7) is 3.53. The van der Waals surface area contributed by atoms with E-state index in [1.165, 1.54) is 7.11 Å². The summed E-state index contributed by atoms with van der Waals surface area (Å²) < 4.78 is 4.60. The topological polar surface area (TPSA) is 47.9 Å². The first-order chi connectivity index (χ1) is 7.27. The second-order valence-corrected chi connectivity index (χ2v) is 2.92. The zero-order valence-electron chi connectivity index (χ0n) is 8.60. The molecule has 1 aromatic rings. The van der Waals surface area contributed by atoms with Crippen LogP contribution in [0.1, 0.15) is 11.1 Å². The van der Waals surface area contributed by atoms with E-state index in [1.54, 1.807) is 0 Å². The lowest BCUT2D eigenvalue weighted by molar-refractivity contribution is -0.139. The first-order valence-electron chi connectivity index (χ1n) is 4.49. The van der Waals surface area contributed by atoms with Crippen LogP contribution in [-0.2, 0) is 27.4 Å². The van der Waals surface area contributed by atoms with Crippen molar-refractivity contribution in [1.29, 1.82) is 0 Å². The highest BCUT2D eigenvalue weighted by Gasteiger charge is 2.07. The van der Waals surface area contributed by atoms with Crippen LogP contribution in [0.25, 0.3) is 0 Å². The van der Waals surface area contributed by atoms with Gasteiger partial charge in [-0.25, -0.2) is 0 Å². The molecule has 0 saturated carbocycles. The Morgan fingerprint density at radius 1 is 1.40 bits per heavy atom. The van der Waals surface area contributed by atoms with Crippen LogP contribution in [-0.4, -0.2) is 19.8 Å².